The molecule has 0 amide bonds. The number of ketones is 1. The Kier molecular flexibility index (Phi) is 5.43. The van der Waals surface area contributed by atoms with Gasteiger partial charge in [-0.3, -0.25) is 4.79 Å². The quantitative estimate of drug-likeness (QED) is 0.485. The Morgan fingerprint density at radius 2 is 1.09 bits per heavy atom. The molecule has 112 valence electrons. The number of nitrogens with two attached hydrogens (primary N) is 2. The molecule has 2 rings (SSSR count). The van der Waals surface area contributed by atoms with Gasteiger partial charge in [-0.15, -0.1) is 0 Å². The van der Waals surface area contributed by atoms with Crippen LogP contribution in [-0.2, 0) is 4.79 Å². The van der Waals surface area contributed by atoms with E-state index in [1.54, 1.807) is 0 Å². The molecule has 0 aliphatic carbocycles. The Bertz CT molecular complexity index is 619. The van der Waals surface area contributed by atoms with E-state index in [4.69, 9.17) is 11.7 Å². The highest BCUT2D eigenvalue weighted by molar-refractivity contribution is 6.18. The van der Waals surface area contributed by atoms with E-state index < -0.39 is 0 Å². The molecule has 0 aromatic heterocycles. The number of hydrazone groups is 2. The van der Waals surface area contributed by atoms with E-state index in [9.17, 15) is 4.79 Å². The van der Waals surface area contributed by atoms with Crippen molar-refractivity contribution in [1.29, 1.82) is 0 Å². The second-order valence-electron chi connectivity index (χ2n) is 4.78. The van der Waals surface area contributed by atoms with Gasteiger partial charge in [-0.05, 0) is 11.1 Å². The molecule has 5 nitrogen and oxygen atoms in total. The first-order valence-corrected chi connectivity index (χ1v) is 6.90. The van der Waals surface area contributed by atoms with Gasteiger partial charge >= 0.3 is 0 Å². The van der Waals surface area contributed by atoms with Crippen molar-refractivity contribution in [3.8, 4) is 0 Å². The van der Waals surface area contributed by atoms with Crippen LogP contribution in [0.2, 0.25) is 0 Å². The van der Waals surface area contributed by atoms with E-state index in [0.29, 0.717) is 11.4 Å². The van der Waals surface area contributed by atoms with Gasteiger partial charge in [0, 0.05) is 0 Å². The van der Waals surface area contributed by atoms with Gasteiger partial charge in [0.15, 0.2) is 0 Å². The molecule has 0 aliphatic heterocycles. The number of nitrogens with zero attached hydrogens (tertiary/aromatic N) is 2. The minimum absolute atomic E-state index is 0.0406. The molecule has 0 atom stereocenters. The molecule has 0 aliphatic rings. The highest BCUT2D eigenvalue weighted by Crippen LogP contribution is 2.09. The van der Waals surface area contributed by atoms with Crippen LogP contribution in [-0.4, -0.2) is 17.2 Å². The minimum atomic E-state index is -0.0406. The van der Waals surface area contributed by atoms with Crippen molar-refractivity contribution in [3.05, 3.63) is 71.8 Å². The number of benzene rings is 2. The lowest BCUT2D eigenvalue weighted by molar-refractivity contribution is -0.116. The van der Waals surface area contributed by atoms with Crippen LogP contribution in [0, 0.1) is 0 Å². The van der Waals surface area contributed by atoms with Gasteiger partial charge in [0.25, 0.3) is 0 Å². The molecule has 0 unspecified atom stereocenters. The van der Waals surface area contributed by atoms with Crippen LogP contribution >= 0.6 is 0 Å². The average molecular weight is 294 g/mol. The van der Waals surface area contributed by atoms with Gasteiger partial charge < -0.3 is 11.7 Å². The predicted octanol–water partition coefficient (Wildman–Crippen LogP) is 2.06. The number of hydrogen-bond acceptors (Lipinski definition) is 5. The van der Waals surface area contributed by atoms with Crippen molar-refractivity contribution < 1.29 is 4.79 Å². The van der Waals surface area contributed by atoms with Crippen LogP contribution in [0.4, 0.5) is 0 Å². The summed E-state index contributed by atoms with van der Waals surface area (Å²) in [6, 6.07) is 18.8. The molecule has 0 bridgehead atoms. The maximum atomic E-state index is 12.3. The fourth-order valence-electron chi connectivity index (χ4n) is 2.14. The molecule has 4 N–H and O–H groups in total. The standard InChI is InChI=1S/C17H18N4O/c18-20-16(13-7-3-1-4-8-13)11-15(22)12-17(21-19)14-9-5-2-6-10-14/h1-10H,11-12,18-19H2/b20-16-,21-17-. The number of carbonyl (C=O) groups excluding carboxylic acids is 1. The lowest BCUT2D eigenvalue weighted by atomic mass is 9.99. The van der Waals surface area contributed by atoms with E-state index in [1.807, 2.05) is 60.7 Å². The summed E-state index contributed by atoms with van der Waals surface area (Å²) in [7, 11) is 0. The van der Waals surface area contributed by atoms with E-state index in [2.05, 4.69) is 10.2 Å². The summed E-state index contributed by atoms with van der Waals surface area (Å²) in [5, 5.41) is 7.46. The number of hydrogen-bond donors (Lipinski definition) is 2. The minimum Gasteiger partial charge on any atom is -0.323 e. The van der Waals surface area contributed by atoms with Crippen molar-refractivity contribution in [1.82, 2.24) is 0 Å². The van der Waals surface area contributed by atoms with Gasteiger partial charge in [-0.2, -0.15) is 10.2 Å². The summed E-state index contributed by atoms with van der Waals surface area (Å²) in [6.45, 7) is 0. The maximum absolute atomic E-state index is 12.3. The van der Waals surface area contributed by atoms with Crippen molar-refractivity contribution in [2.24, 2.45) is 21.9 Å². The Morgan fingerprint density at radius 3 is 1.41 bits per heavy atom. The number of rotatable bonds is 6. The molecular formula is C17H18N4O. The summed E-state index contributed by atoms with van der Waals surface area (Å²) >= 11 is 0. The van der Waals surface area contributed by atoms with Crippen molar-refractivity contribution >= 4 is 17.2 Å². The molecule has 0 heterocycles. The first kappa shape index (κ1) is 15.4. The first-order valence-electron chi connectivity index (χ1n) is 6.90. The maximum Gasteiger partial charge on any atom is 0.144 e. The third-order valence-corrected chi connectivity index (χ3v) is 3.25. The second kappa shape index (κ2) is 7.73. The summed E-state index contributed by atoms with van der Waals surface area (Å²) in [5.74, 6) is 10.8. The van der Waals surface area contributed by atoms with Crippen LogP contribution < -0.4 is 11.7 Å². The third-order valence-electron chi connectivity index (χ3n) is 3.25. The van der Waals surface area contributed by atoms with Crippen LogP contribution in [0.15, 0.2) is 70.9 Å². The zero-order chi connectivity index (χ0) is 15.8. The van der Waals surface area contributed by atoms with Crippen LogP contribution in [0.1, 0.15) is 24.0 Å². The molecule has 2 aromatic rings. The van der Waals surface area contributed by atoms with E-state index in [0.717, 1.165) is 11.1 Å². The molecule has 22 heavy (non-hydrogen) atoms. The van der Waals surface area contributed by atoms with Crippen LogP contribution in [0.5, 0.6) is 0 Å². The topological polar surface area (TPSA) is 93.8 Å². The molecular weight excluding hydrogens is 276 g/mol. The van der Waals surface area contributed by atoms with Crippen molar-refractivity contribution in [3.63, 3.8) is 0 Å². The van der Waals surface area contributed by atoms with E-state index in [-0.39, 0.29) is 18.6 Å². The molecule has 2 aromatic carbocycles. The van der Waals surface area contributed by atoms with Crippen LogP contribution in [0.3, 0.4) is 0 Å². The van der Waals surface area contributed by atoms with Gasteiger partial charge in [0.1, 0.15) is 5.78 Å². The SMILES string of the molecule is N/N=C(/CC(=O)C/C(=N/N)c1ccccc1)c1ccccc1. The Balaban J connectivity index is 2.06. The third kappa shape index (κ3) is 4.02. The Morgan fingerprint density at radius 1 is 0.727 bits per heavy atom. The van der Waals surface area contributed by atoms with Crippen molar-refractivity contribution in [2.45, 2.75) is 12.8 Å². The fraction of sp³-hybridized carbons (Fsp3) is 0.118. The largest absolute Gasteiger partial charge is 0.323 e. The van der Waals surface area contributed by atoms with Crippen LogP contribution in [0.25, 0.3) is 0 Å². The lowest BCUT2D eigenvalue weighted by Crippen LogP contribution is -2.16. The molecule has 0 radical (unpaired) electrons. The normalized spacial score (nSPS) is 12.2. The van der Waals surface area contributed by atoms with E-state index >= 15 is 0 Å². The smallest absolute Gasteiger partial charge is 0.144 e. The van der Waals surface area contributed by atoms with Gasteiger partial charge in [0.2, 0.25) is 0 Å². The highest BCUT2D eigenvalue weighted by atomic mass is 16.1. The number of Topliss-reactive ketones (excluding diaryl/α,β-unsaturated/α-hetero) is 1. The fourth-order valence-corrected chi connectivity index (χ4v) is 2.14. The molecule has 5 heteroatoms. The molecule has 0 saturated heterocycles. The summed E-state index contributed by atoms with van der Waals surface area (Å²) in [4.78, 5) is 12.3. The predicted molar refractivity (Wildman–Crippen MR) is 88.6 cm³/mol. The Labute approximate surface area is 129 Å². The second-order valence-corrected chi connectivity index (χ2v) is 4.78. The molecule has 0 saturated carbocycles. The Hall–Kier alpha value is -2.95. The summed E-state index contributed by atoms with van der Waals surface area (Å²) < 4.78 is 0. The average Bonchev–Trinajstić information content (AvgIpc) is 2.59. The van der Waals surface area contributed by atoms with Gasteiger partial charge in [-0.1, -0.05) is 60.7 Å². The first-order chi connectivity index (χ1) is 10.7. The molecule has 0 fully saturated rings. The lowest BCUT2D eigenvalue weighted by Gasteiger charge is -2.07. The monoisotopic (exact) mass is 294 g/mol. The summed E-state index contributed by atoms with van der Waals surface area (Å²) in [5.41, 5.74) is 2.78. The summed E-state index contributed by atoms with van der Waals surface area (Å²) in [6.07, 6.45) is 0.290. The van der Waals surface area contributed by atoms with Crippen molar-refractivity contribution in [2.75, 3.05) is 0 Å². The zero-order valence-corrected chi connectivity index (χ0v) is 12.1. The van der Waals surface area contributed by atoms with Gasteiger partial charge in [0.05, 0.1) is 24.3 Å². The number of carbonyl (C=O) groups is 1. The van der Waals surface area contributed by atoms with E-state index in [1.165, 1.54) is 0 Å². The van der Waals surface area contributed by atoms with Gasteiger partial charge in [-0.25, -0.2) is 0 Å². The zero-order valence-electron chi connectivity index (χ0n) is 12.1. The molecule has 0 spiro atoms. The highest BCUT2D eigenvalue weighted by Gasteiger charge is 2.14.